The number of carbonyl (C=O) groups is 3. The van der Waals surface area contributed by atoms with Gasteiger partial charge < -0.3 is 15.1 Å². The zero-order valence-corrected chi connectivity index (χ0v) is 5.53. The summed E-state index contributed by atoms with van der Waals surface area (Å²) in [6, 6.07) is 0. The van der Waals surface area contributed by atoms with Gasteiger partial charge >= 0.3 is 18.3 Å². The monoisotopic (exact) mass is 179 g/mol. The predicted octanol–water partition coefficient (Wildman–Crippen LogP) is -0.922. The second kappa shape index (κ2) is 4.60. The van der Waals surface area contributed by atoms with Crippen molar-refractivity contribution in [1.29, 1.82) is 0 Å². The molecule has 0 fully saturated rings. The van der Waals surface area contributed by atoms with Gasteiger partial charge in [0.05, 0.1) is 0 Å². The molecule has 0 bridgehead atoms. The van der Waals surface area contributed by atoms with Gasteiger partial charge in [-0.25, -0.2) is 25.2 Å². The molecule has 0 saturated heterocycles. The summed E-state index contributed by atoms with van der Waals surface area (Å²) in [7, 11) is 0. The molecule has 0 spiro atoms. The number of hydrazine groups is 1. The molecule has 0 unspecified atom stereocenters. The Kier molecular flexibility index (Phi) is 3.76. The van der Waals surface area contributed by atoms with Crippen LogP contribution in [0.25, 0.3) is 0 Å². The summed E-state index contributed by atoms with van der Waals surface area (Å²) in [6.45, 7) is 0. The molecule has 12 heavy (non-hydrogen) atoms. The molecule has 0 aliphatic heterocycles. The van der Waals surface area contributed by atoms with Crippen molar-refractivity contribution >= 4 is 18.3 Å². The minimum Gasteiger partial charge on any atom is -0.464 e. The summed E-state index contributed by atoms with van der Waals surface area (Å²) in [5.41, 5.74) is 4.17. The van der Waals surface area contributed by atoms with E-state index in [1.165, 1.54) is 16.3 Å². The van der Waals surface area contributed by atoms with Gasteiger partial charge in [-0.2, -0.15) is 0 Å². The van der Waals surface area contributed by atoms with Crippen molar-refractivity contribution in [1.82, 2.24) is 16.3 Å². The van der Waals surface area contributed by atoms with E-state index in [1.807, 2.05) is 0 Å². The second-order valence-electron chi connectivity index (χ2n) is 1.35. The smallest absolute Gasteiger partial charge is 0.450 e. The van der Waals surface area contributed by atoms with E-state index >= 15 is 0 Å². The fourth-order valence-electron chi connectivity index (χ4n) is 0.220. The first kappa shape index (κ1) is 9.81. The summed E-state index contributed by atoms with van der Waals surface area (Å²) >= 11 is 0. The Balaban J connectivity index is 3.47. The van der Waals surface area contributed by atoms with Crippen LogP contribution in [0.15, 0.2) is 0 Å². The summed E-state index contributed by atoms with van der Waals surface area (Å²) in [5.74, 6) is 0. The van der Waals surface area contributed by atoms with Crippen molar-refractivity contribution in [2.45, 2.75) is 0 Å². The van der Waals surface area contributed by atoms with Crippen molar-refractivity contribution in [2.75, 3.05) is 0 Å². The molecule has 0 aromatic carbocycles. The standard InChI is InChI=1S/C3H5N3O6/c7-1(8)4-5-3(11)12-6-2(9)10/h4,6H,(H,5,11)(H,7,8)(H,9,10). The van der Waals surface area contributed by atoms with Crippen LogP contribution in [0.2, 0.25) is 0 Å². The third kappa shape index (κ3) is 5.94. The van der Waals surface area contributed by atoms with E-state index in [-0.39, 0.29) is 0 Å². The molecule has 9 heteroatoms. The van der Waals surface area contributed by atoms with Crippen molar-refractivity contribution in [3.05, 3.63) is 0 Å². The van der Waals surface area contributed by atoms with Crippen LogP contribution >= 0.6 is 0 Å². The van der Waals surface area contributed by atoms with Gasteiger partial charge in [0, 0.05) is 0 Å². The van der Waals surface area contributed by atoms with Crippen LogP contribution in [0.1, 0.15) is 0 Å². The lowest BCUT2D eigenvalue weighted by Crippen LogP contribution is -2.43. The van der Waals surface area contributed by atoms with Gasteiger partial charge in [-0.3, -0.25) is 0 Å². The largest absolute Gasteiger partial charge is 0.464 e. The minimum atomic E-state index is -1.58. The maximum absolute atomic E-state index is 10.3. The molecule has 5 N–H and O–H groups in total. The van der Waals surface area contributed by atoms with E-state index in [1.54, 1.807) is 0 Å². The zero-order valence-electron chi connectivity index (χ0n) is 5.53. The lowest BCUT2D eigenvalue weighted by molar-refractivity contribution is 0.0780. The molecule has 0 radical (unpaired) electrons. The second-order valence-corrected chi connectivity index (χ2v) is 1.35. The number of nitrogens with one attached hydrogen (secondary N) is 3. The number of hydroxylamine groups is 1. The zero-order chi connectivity index (χ0) is 9.56. The van der Waals surface area contributed by atoms with Crippen molar-refractivity contribution < 1.29 is 29.4 Å². The fraction of sp³-hybridized carbons (Fsp3) is 0. The average molecular weight is 179 g/mol. The van der Waals surface area contributed by atoms with Crippen LogP contribution in [0.3, 0.4) is 0 Å². The van der Waals surface area contributed by atoms with Crippen LogP contribution < -0.4 is 16.3 Å². The van der Waals surface area contributed by atoms with Crippen LogP contribution in [0, 0.1) is 0 Å². The molecule has 3 amide bonds. The molecule has 0 heterocycles. The molecule has 0 aliphatic carbocycles. The summed E-state index contributed by atoms with van der Waals surface area (Å²) in [5, 5.41) is 15.8. The number of carboxylic acid groups (broad SMARTS) is 2. The predicted molar refractivity (Wildman–Crippen MR) is 31.9 cm³/mol. The molecule has 0 aliphatic rings. The van der Waals surface area contributed by atoms with Gasteiger partial charge in [0.2, 0.25) is 0 Å². The highest BCUT2D eigenvalue weighted by Gasteiger charge is 2.04. The number of amides is 3. The van der Waals surface area contributed by atoms with Gasteiger partial charge in [0.25, 0.3) is 0 Å². The van der Waals surface area contributed by atoms with E-state index in [0.29, 0.717) is 0 Å². The van der Waals surface area contributed by atoms with E-state index in [9.17, 15) is 14.4 Å². The number of carbonyl (C=O) groups excluding carboxylic acids is 1. The lowest BCUT2D eigenvalue weighted by atomic mass is 11.1. The molecular weight excluding hydrogens is 174 g/mol. The molecule has 68 valence electrons. The topological polar surface area (TPSA) is 137 Å². The Morgan fingerprint density at radius 2 is 1.58 bits per heavy atom. The van der Waals surface area contributed by atoms with E-state index in [0.717, 1.165) is 0 Å². The summed E-state index contributed by atoms with van der Waals surface area (Å²) in [4.78, 5) is 33.4. The summed E-state index contributed by atoms with van der Waals surface area (Å²) < 4.78 is 0. The Hall–Kier alpha value is -2.19. The molecule has 0 aromatic heterocycles. The highest BCUT2D eigenvalue weighted by Crippen LogP contribution is 1.69. The Bertz CT molecular complexity index is 182. The number of hydrogen-bond acceptors (Lipinski definition) is 4. The number of rotatable bonds is 0. The highest BCUT2D eigenvalue weighted by molar-refractivity contribution is 5.73. The SMILES string of the molecule is O=C(O)NNC(=O)ONC(=O)O. The van der Waals surface area contributed by atoms with Crippen LogP contribution in [-0.2, 0) is 4.84 Å². The first-order valence-electron chi connectivity index (χ1n) is 2.47. The third-order valence-corrected chi connectivity index (χ3v) is 0.503. The van der Waals surface area contributed by atoms with Crippen LogP contribution in [0.5, 0.6) is 0 Å². The Morgan fingerprint density at radius 3 is 2.00 bits per heavy atom. The van der Waals surface area contributed by atoms with Gasteiger partial charge in [0.15, 0.2) is 0 Å². The van der Waals surface area contributed by atoms with Gasteiger partial charge in [-0.1, -0.05) is 0 Å². The van der Waals surface area contributed by atoms with Gasteiger partial charge in [0.1, 0.15) is 0 Å². The van der Waals surface area contributed by atoms with Gasteiger partial charge in [-0.15, -0.1) is 5.48 Å². The average Bonchev–Trinajstić information content (AvgIpc) is 1.96. The van der Waals surface area contributed by atoms with Gasteiger partial charge in [-0.05, 0) is 0 Å². The molecule has 0 atom stereocenters. The quantitative estimate of drug-likeness (QED) is 0.305. The van der Waals surface area contributed by atoms with Crippen molar-refractivity contribution in [3.8, 4) is 0 Å². The van der Waals surface area contributed by atoms with E-state index in [2.05, 4.69) is 4.84 Å². The Morgan fingerprint density at radius 1 is 1.00 bits per heavy atom. The normalized spacial score (nSPS) is 8.00. The minimum absolute atomic E-state index is 1.24. The van der Waals surface area contributed by atoms with Crippen LogP contribution in [-0.4, -0.2) is 28.5 Å². The molecule has 0 saturated carbocycles. The van der Waals surface area contributed by atoms with Crippen molar-refractivity contribution in [2.24, 2.45) is 0 Å². The molecule has 0 aromatic rings. The molecule has 9 nitrogen and oxygen atoms in total. The van der Waals surface area contributed by atoms with Crippen LogP contribution in [0.4, 0.5) is 14.4 Å². The summed E-state index contributed by atoms with van der Waals surface area (Å²) in [6.07, 6.45) is -4.39. The lowest BCUT2D eigenvalue weighted by Gasteiger charge is -2.02. The van der Waals surface area contributed by atoms with E-state index in [4.69, 9.17) is 10.2 Å². The number of hydrogen-bond donors (Lipinski definition) is 5. The van der Waals surface area contributed by atoms with Crippen molar-refractivity contribution in [3.63, 3.8) is 0 Å². The van der Waals surface area contributed by atoms with E-state index < -0.39 is 18.3 Å². The third-order valence-electron chi connectivity index (χ3n) is 0.503. The Labute approximate surface area is 65.2 Å². The maximum Gasteiger partial charge on any atom is 0.450 e. The first-order chi connectivity index (χ1) is 5.52. The fourth-order valence-corrected chi connectivity index (χ4v) is 0.220. The maximum atomic E-state index is 10.3. The first-order valence-corrected chi connectivity index (χ1v) is 2.47. The molecule has 0 rings (SSSR count). The molecular formula is C3H5N3O6. The highest BCUT2D eigenvalue weighted by atomic mass is 16.7.